The van der Waals surface area contributed by atoms with Crippen molar-refractivity contribution in [2.24, 2.45) is 0 Å². The number of likely N-dealkylation sites (tertiary alicyclic amines) is 1. The number of carbonyl (C=O) groups is 1. The Morgan fingerprint density at radius 2 is 2.00 bits per heavy atom. The molecule has 2 atom stereocenters. The molecule has 0 aromatic heterocycles. The number of carboxylic acids is 1. The zero-order valence-electron chi connectivity index (χ0n) is 9.06. The van der Waals surface area contributed by atoms with Gasteiger partial charge >= 0.3 is 0 Å². The summed E-state index contributed by atoms with van der Waals surface area (Å²) in [6.07, 6.45) is 3.50. The first-order chi connectivity index (χ1) is 7.02. The smallest absolute Gasteiger partial charge is 0.137 e. The molecule has 5 heteroatoms. The van der Waals surface area contributed by atoms with Gasteiger partial charge in [0.2, 0.25) is 0 Å². The van der Waals surface area contributed by atoms with Crippen molar-refractivity contribution in [1.82, 2.24) is 4.90 Å². The van der Waals surface area contributed by atoms with Gasteiger partial charge in [0, 0.05) is 17.8 Å². The average molecular weight is 246 g/mol. The molecule has 1 aliphatic rings. The Morgan fingerprint density at radius 1 is 1.47 bits per heavy atom. The van der Waals surface area contributed by atoms with Crippen LogP contribution in [0, 0.1) is 0 Å². The first kappa shape index (κ1) is 12.8. The molecule has 0 N–H and O–H groups in total. The molecule has 0 aromatic carbocycles. The number of thioether (sulfide) groups is 1. The summed E-state index contributed by atoms with van der Waals surface area (Å²) in [4.78, 5) is 12.5. The number of hydrogen-bond donors (Lipinski definition) is 0. The van der Waals surface area contributed by atoms with E-state index < -0.39 is 5.97 Å². The van der Waals surface area contributed by atoms with Crippen LogP contribution in [0.4, 0.5) is 0 Å². The number of thiocarbonyl (C=S) groups is 1. The zero-order valence-corrected chi connectivity index (χ0v) is 10.7. The van der Waals surface area contributed by atoms with Gasteiger partial charge in [-0.15, -0.1) is 0 Å². The third kappa shape index (κ3) is 3.65. The van der Waals surface area contributed by atoms with Crippen LogP contribution in [0.3, 0.4) is 0 Å². The third-order valence-corrected chi connectivity index (χ3v) is 4.12. The van der Waals surface area contributed by atoms with Crippen LogP contribution < -0.4 is 5.11 Å². The van der Waals surface area contributed by atoms with E-state index in [1.54, 1.807) is 0 Å². The first-order valence-electron chi connectivity index (χ1n) is 5.17. The molecule has 0 aliphatic carbocycles. The topological polar surface area (TPSA) is 43.4 Å². The molecule has 1 saturated heterocycles. The number of piperidine rings is 1. The van der Waals surface area contributed by atoms with E-state index in [2.05, 4.69) is 18.7 Å². The van der Waals surface area contributed by atoms with Crippen molar-refractivity contribution in [1.29, 1.82) is 0 Å². The second-order valence-corrected chi connectivity index (χ2v) is 5.57. The first-order valence-corrected chi connectivity index (χ1v) is 6.56. The summed E-state index contributed by atoms with van der Waals surface area (Å²) in [5.74, 6) is -1.10. The number of carboxylic acid groups (broad SMARTS) is 1. The fourth-order valence-electron chi connectivity index (χ4n) is 1.98. The quantitative estimate of drug-likeness (QED) is 0.681. The van der Waals surface area contributed by atoms with Crippen LogP contribution in [-0.2, 0) is 4.79 Å². The van der Waals surface area contributed by atoms with E-state index in [9.17, 15) is 9.90 Å². The normalized spacial score (nSPS) is 26.4. The third-order valence-electron chi connectivity index (χ3n) is 2.72. The Balaban J connectivity index is 2.51. The summed E-state index contributed by atoms with van der Waals surface area (Å²) < 4.78 is 0.693. The van der Waals surface area contributed by atoms with Gasteiger partial charge in [-0.25, -0.2) is 0 Å². The molecule has 1 fully saturated rings. The standard InChI is InChI=1S/C10H17NO2S2/c1-7-4-3-5-8(2)11(7)10(14)15-6-9(12)13/h7-8H,3-6H2,1-2H3,(H,12,13)/p-1/t7-,8-/m1/s1. The van der Waals surface area contributed by atoms with E-state index in [0.29, 0.717) is 16.4 Å². The molecular formula is C10H16NO2S2-. The van der Waals surface area contributed by atoms with Gasteiger partial charge in [0.15, 0.2) is 0 Å². The van der Waals surface area contributed by atoms with Gasteiger partial charge < -0.3 is 14.8 Å². The summed E-state index contributed by atoms with van der Waals surface area (Å²) in [5, 5.41) is 10.3. The highest BCUT2D eigenvalue weighted by Gasteiger charge is 2.26. The SMILES string of the molecule is C[C@@H]1CCC[C@@H](C)N1C(=S)SCC(=O)[O-]. The van der Waals surface area contributed by atoms with Crippen LogP contribution >= 0.6 is 24.0 Å². The van der Waals surface area contributed by atoms with Crippen LogP contribution in [0.15, 0.2) is 0 Å². The van der Waals surface area contributed by atoms with Gasteiger partial charge in [-0.3, -0.25) is 0 Å². The molecule has 1 heterocycles. The second kappa shape index (κ2) is 5.70. The van der Waals surface area contributed by atoms with Gasteiger partial charge in [0.05, 0.1) is 5.97 Å². The molecule has 0 aromatic rings. The van der Waals surface area contributed by atoms with Crippen molar-refractivity contribution in [3.63, 3.8) is 0 Å². The Bertz CT molecular complexity index is 248. The summed E-state index contributed by atoms with van der Waals surface area (Å²) >= 11 is 6.44. The van der Waals surface area contributed by atoms with Crippen LogP contribution in [0.25, 0.3) is 0 Å². The van der Waals surface area contributed by atoms with Crippen molar-refractivity contribution in [3.8, 4) is 0 Å². The molecule has 1 aliphatic heterocycles. The van der Waals surface area contributed by atoms with Gasteiger partial charge in [-0.05, 0) is 33.1 Å². The summed E-state index contributed by atoms with van der Waals surface area (Å²) in [5.41, 5.74) is 0. The van der Waals surface area contributed by atoms with Gasteiger partial charge in [-0.1, -0.05) is 24.0 Å². The lowest BCUT2D eigenvalue weighted by Crippen LogP contribution is -2.46. The van der Waals surface area contributed by atoms with E-state index >= 15 is 0 Å². The lowest BCUT2D eigenvalue weighted by molar-refractivity contribution is -0.301. The van der Waals surface area contributed by atoms with Crippen molar-refractivity contribution >= 4 is 34.3 Å². The summed E-state index contributed by atoms with van der Waals surface area (Å²) in [7, 11) is 0. The maximum Gasteiger partial charge on any atom is 0.137 e. The van der Waals surface area contributed by atoms with Crippen molar-refractivity contribution in [3.05, 3.63) is 0 Å². The highest BCUT2D eigenvalue weighted by atomic mass is 32.2. The van der Waals surface area contributed by atoms with Gasteiger partial charge in [0.25, 0.3) is 0 Å². The Kier molecular flexibility index (Phi) is 4.86. The van der Waals surface area contributed by atoms with E-state index in [1.165, 1.54) is 18.2 Å². The average Bonchev–Trinajstić information content (AvgIpc) is 2.14. The molecule has 0 unspecified atom stereocenters. The van der Waals surface area contributed by atoms with Gasteiger partial charge in [0.1, 0.15) is 4.32 Å². The van der Waals surface area contributed by atoms with E-state index in [-0.39, 0.29) is 5.75 Å². The lowest BCUT2D eigenvalue weighted by atomic mass is 9.99. The molecule has 15 heavy (non-hydrogen) atoms. The van der Waals surface area contributed by atoms with Gasteiger partial charge in [-0.2, -0.15) is 0 Å². The highest BCUT2D eigenvalue weighted by molar-refractivity contribution is 8.23. The van der Waals surface area contributed by atoms with E-state index in [1.807, 2.05) is 0 Å². The molecule has 0 spiro atoms. The van der Waals surface area contributed by atoms with Crippen LogP contribution in [-0.4, -0.2) is 33.0 Å². The minimum absolute atomic E-state index is 0.0469. The lowest BCUT2D eigenvalue weighted by Gasteiger charge is -2.40. The Labute approximate surface area is 100 Å². The fourth-order valence-corrected chi connectivity index (χ4v) is 3.26. The van der Waals surface area contributed by atoms with Crippen molar-refractivity contribution in [2.75, 3.05) is 5.75 Å². The molecular weight excluding hydrogens is 230 g/mol. The molecule has 0 bridgehead atoms. The number of hydrogen-bond acceptors (Lipinski definition) is 4. The largest absolute Gasteiger partial charge is 0.549 e. The Morgan fingerprint density at radius 3 is 2.47 bits per heavy atom. The van der Waals surface area contributed by atoms with Crippen LogP contribution in [0.5, 0.6) is 0 Å². The number of aliphatic carboxylic acids is 1. The minimum Gasteiger partial charge on any atom is -0.549 e. The monoisotopic (exact) mass is 246 g/mol. The number of nitrogens with zero attached hydrogens (tertiary/aromatic N) is 1. The molecule has 1 rings (SSSR count). The number of carbonyl (C=O) groups excluding carboxylic acids is 1. The molecule has 0 saturated carbocycles. The molecule has 3 nitrogen and oxygen atoms in total. The highest BCUT2D eigenvalue weighted by Crippen LogP contribution is 2.26. The maximum absolute atomic E-state index is 10.3. The molecule has 0 amide bonds. The zero-order chi connectivity index (χ0) is 11.4. The summed E-state index contributed by atoms with van der Waals surface area (Å²) in [6.45, 7) is 4.28. The second-order valence-electron chi connectivity index (χ2n) is 3.96. The van der Waals surface area contributed by atoms with Crippen LogP contribution in [0.1, 0.15) is 33.1 Å². The maximum atomic E-state index is 10.3. The Hall–Kier alpha value is -0.290. The summed E-state index contributed by atoms with van der Waals surface area (Å²) in [6, 6.07) is 0.853. The van der Waals surface area contributed by atoms with E-state index in [0.717, 1.165) is 12.8 Å². The minimum atomic E-state index is -1.06. The van der Waals surface area contributed by atoms with Crippen LogP contribution in [0.2, 0.25) is 0 Å². The van der Waals surface area contributed by atoms with Crippen molar-refractivity contribution in [2.45, 2.75) is 45.2 Å². The van der Waals surface area contributed by atoms with E-state index in [4.69, 9.17) is 12.2 Å². The molecule has 0 radical (unpaired) electrons. The number of rotatable bonds is 2. The predicted octanol–water partition coefficient (Wildman–Crippen LogP) is 1.02. The van der Waals surface area contributed by atoms with Crippen molar-refractivity contribution < 1.29 is 9.90 Å². The molecule has 86 valence electrons. The fraction of sp³-hybridized carbons (Fsp3) is 0.800. The predicted molar refractivity (Wildman–Crippen MR) is 64.7 cm³/mol.